The molecule has 0 bridgehead atoms. The third-order valence-electron chi connectivity index (χ3n) is 4.97. The molecule has 1 aliphatic heterocycles. The summed E-state index contributed by atoms with van der Waals surface area (Å²) in [6.07, 6.45) is 4.00. The van der Waals surface area contributed by atoms with Crippen LogP contribution in [0.5, 0.6) is 0 Å². The number of amides is 4. The number of carbonyl (C=O) groups excluding carboxylic acids is 3. The van der Waals surface area contributed by atoms with Crippen molar-refractivity contribution in [3.05, 3.63) is 29.8 Å². The molecule has 2 aliphatic rings. The average Bonchev–Trinajstić information content (AvgIpc) is 3.18. The van der Waals surface area contributed by atoms with E-state index in [-0.39, 0.29) is 17.8 Å². The van der Waals surface area contributed by atoms with E-state index in [1.165, 1.54) is 22.2 Å². The number of aryl methyl sites for hydroxylation is 1. The Morgan fingerprint density at radius 3 is 2.62 bits per heavy atom. The molecule has 2 N–H and O–H groups in total. The highest BCUT2D eigenvalue weighted by atomic mass is 32.2. The van der Waals surface area contributed by atoms with Gasteiger partial charge in [-0.05, 0) is 38.3 Å². The number of hydrogen-bond acceptors (Lipinski definition) is 4. The Kier molecular flexibility index (Phi) is 5.86. The van der Waals surface area contributed by atoms with Gasteiger partial charge in [0.1, 0.15) is 5.54 Å². The summed E-state index contributed by atoms with van der Waals surface area (Å²) < 4.78 is 0. The summed E-state index contributed by atoms with van der Waals surface area (Å²) in [6.45, 7) is 2.83. The number of rotatable bonds is 7. The van der Waals surface area contributed by atoms with Gasteiger partial charge < -0.3 is 10.6 Å². The molecule has 26 heavy (non-hydrogen) atoms. The van der Waals surface area contributed by atoms with Crippen molar-refractivity contribution in [2.75, 3.05) is 18.8 Å². The van der Waals surface area contributed by atoms with Gasteiger partial charge in [0.05, 0.1) is 5.75 Å². The Balaban J connectivity index is 1.36. The molecule has 1 saturated heterocycles. The van der Waals surface area contributed by atoms with Gasteiger partial charge in [-0.25, -0.2) is 4.79 Å². The van der Waals surface area contributed by atoms with E-state index in [9.17, 15) is 14.4 Å². The molecule has 0 unspecified atom stereocenters. The maximum absolute atomic E-state index is 12.5. The second-order valence-corrected chi connectivity index (χ2v) is 8.03. The zero-order valence-corrected chi connectivity index (χ0v) is 15.9. The smallest absolute Gasteiger partial charge is 0.325 e. The molecule has 1 aromatic carbocycles. The number of thioether (sulfide) groups is 1. The van der Waals surface area contributed by atoms with Crippen molar-refractivity contribution in [3.8, 4) is 0 Å². The molecule has 0 atom stereocenters. The quantitative estimate of drug-likeness (QED) is 0.436. The maximum Gasteiger partial charge on any atom is 0.325 e. The summed E-state index contributed by atoms with van der Waals surface area (Å²) in [4.78, 5) is 38.9. The number of benzene rings is 1. The van der Waals surface area contributed by atoms with Crippen molar-refractivity contribution in [1.82, 2.24) is 15.5 Å². The SMILES string of the molecule is Cc1ccc(SCC(=O)NCCCN2C(=O)NC3(CCCC3)C2=O)cc1. The fourth-order valence-corrected chi connectivity index (χ4v) is 4.22. The van der Waals surface area contributed by atoms with Gasteiger partial charge in [-0.3, -0.25) is 14.5 Å². The number of imide groups is 1. The van der Waals surface area contributed by atoms with Crippen molar-refractivity contribution in [2.24, 2.45) is 0 Å². The predicted molar refractivity (Wildman–Crippen MR) is 101 cm³/mol. The number of carbonyl (C=O) groups is 3. The van der Waals surface area contributed by atoms with E-state index in [4.69, 9.17) is 0 Å². The van der Waals surface area contributed by atoms with Crippen LogP contribution in [-0.4, -0.2) is 47.1 Å². The molecule has 140 valence electrons. The van der Waals surface area contributed by atoms with Crippen LogP contribution in [-0.2, 0) is 9.59 Å². The zero-order chi connectivity index (χ0) is 18.6. The van der Waals surface area contributed by atoms with Gasteiger partial charge in [0.25, 0.3) is 5.91 Å². The Labute approximate surface area is 158 Å². The van der Waals surface area contributed by atoms with E-state index in [0.717, 1.165) is 30.6 Å². The molecular weight excluding hydrogens is 350 g/mol. The van der Waals surface area contributed by atoms with Crippen molar-refractivity contribution < 1.29 is 14.4 Å². The molecule has 0 radical (unpaired) electrons. The van der Waals surface area contributed by atoms with Crippen LogP contribution in [0, 0.1) is 6.92 Å². The first kappa shape index (κ1) is 18.8. The van der Waals surface area contributed by atoms with Crippen LogP contribution in [0.4, 0.5) is 4.79 Å². The molecule has 7 heteroatoms. The van der Waals surface area contributed by atoms with Crippen LogP contribution in [0.1, 0.15) is 37.7 Å². The fraction of sp³-hybridized carbons (Fsp3) is 0.526. The van der Waals surface area contributed by atoms with Crippen LogP contribution < -0.4 is 10.6 Å². The summed E-state index contributed by atoms with van der Waals surface area (Å²) in [5, 5.41) is 5.72. The highest BCUT2D eigenvalue weighted by molar-refractivity contribution is 8.00. The maximum atomic E-state index is 12.5. The normalized spacial score (nSPS) is 18.4. The topological polar surface area (TPSA) is 78.5 Å². The van der Waals surface area contributed by atoms with E-state index < -0.39 is 5.54 Å². The van der Waals surface area contributed by atoms with Crippen molar-refractivity contribution in [3.63, 3.8) is 0 Å². The number of urea groups is 1. The lowest BCUT2D eigenvalue weighted by Gasteiger charge is -2.20. The number of hydrogen-bond donors (Lipinski definition) is 2. The van der Waals surface area contributed by atoms with Gasteiger partial charge in [0.2, 0.25) is 5.91 Å². The van der Waals surface area contributed by atoms with Gasteiger partial charge in [-0.1, -0.05) is 30.5 Å². The lowest BCUT2D eigenvalue weighted by atomic mass is 9.98. The highest BCUT2D eigenvalue weighted by Crippen LogP contribution is 2.34. The Morgan fingerprint density at radius 1 is 1.23 bits per heavy atom. The van der Waals surface area contributed by atoms with Crippen LogP contribution in [0.3, 0.4) is 0 Å². The molecule has 1 aliphatic carbocycles. The molecule has 1 aromatic rings. The summed E-state index contributed by atoms with van der Waals surface area (Å²) >= 11 is 1.49. The lowest BCUT2D eigenvalue weighted by Crippen LogP contribution is -2.44. The van der Waals surface area contributed by atoms with Gasteiger partial charge in [0.15, 0.2) is 0 Å². The Bertz CT molecular complexity index is 684. The van der Waals surface area contributed by atoms with Crippen LogP contribution >= 0.6 is 11.8 Å². The molecule has 2 fully saturated rings. The van der Waals surface area contributed by atoms with Gasteiger partial charge in [0, 0.05) is 18.0 Å². The molecule has 4 amide bonds. The first-order valence-electron chi connectivity index (χ1n) is 9.10. The Hall–Kier alpha value is -2.02. The van der Waals surface area contributed by atoms with Crippen molar-refractivity contribution >= 4 is 29.6 Å². The van der Waals surface area contributed by atoms with E-state index in [0.29, 0.717) is 25.3 Å². The van der Waals surface area contributed by atoms with E-state index >= 15 is 0 Å². The van der Waals surface area contributed by atoms with Gasteiger partial charge >= 0.3 is 6.03 Å². The molecule has 3 rings (SSSR count). The third kappa shape index (κ3) is 4.20. The summed E-state index contributed by atoms with van der Waals surface area (Å²) in [7, 11) is 0. The first-order chi connectivity index (χ1) is 12.5. The third-order valence-corrected chi connectivity index (χ3v) is 5.99. The number of nitrogens with zero attached hydrogens (tertiary/aromatic N) is 1. The molecule has 1 spiro atoms. The standard InChI is InChI=1S/C19H25N3O3S/c1-14-5-7-15(8-6-14)26-13-16(23)20-11-4-12-22-17(24)19(21-18(22)25)9-2-3-10-19/h5-8H,2-4,9-13H2,1H3,(H,20,23)(H,21,25). The van der Waals surface area contributed by atoms with Crippen molar-refractivity contribution in [2.45, 2.75) is 49.5 Å². The fourth-order valence-electron chi connectivity index (χ4n) is 3.50. The van der Waals surface area contributed by atoms with Gasteiger partial charge in [-0.15, -0.1) is 11.8 Å². The van der Waals surface area contributed by atoms with E-state index in [2.05, 4.69) is 10.6 Å². The summed E-state index contributed by atoms with van der Waals surface area (Å²) in [5.74, 6) is 0.219. The highest BCUT2D eigenvalue weighted by Gasteiger charge is 2.51. The number of nitrogens with one attached hydrogen (secondary N) is 2. The van der Waals surface area contributed by atoms with E-state index in [1.807, 2.05) is 31.2 Å². The second kappa shape index (κ2) is 8.12. The predicted octanol–water partition coefficient (Wildman–Crippen LogP) is 2.46. The van der Waals surface area contributed by atoms with Gasteiger partial charge in [-0.2, -0.15) is 0 Å². The summed E-state index contributed by atoms with van der Waals surface area (Å²) in [6, 6.07) is 7.76. The van der Waals surface area contributed by atoms with Crippen LogP contribution in [0.25, 0.3) is 0 Å². The zero-order valence-electron chi connectivity index (χ0n) is 15.0. The first-order valence-corrected chi connectivity index (χ1v) is 10.1. The minimum atomic E-state index is -0.648. The summed E-state index contributed by atoms with van der Waals surface area (Å²) in [5.41, 5.74) is 0.545. The molecular formula is C19H25N3O3S. The Morgan fingerprint density at radius 2 is 1.92 bits per heavy atom. The van der Waals surface area contributed by atoms with Crippen LogP contribution in [0.15, 0.2) is 29.2 Å². The minimum Gasteiger partial charge on any atom is -0.355 e. The molecule has 6 nitrogen and oxygen atoms in total. The largest absolute Gasteiger partial charge is 0.355 e. The molecule has 0 aromatic heterocycles. The lowest BCUT2D eigenvalue weighted by molar-refractivity contribution is -0.131. The van der Waals surface area contributed by atoms with Crippen LogP contribution in [0.2, 0.25) is 0 Å². The second-order valence-electron chi connectivity index (χ2n) is 6.98. The van der Waals surface area contributed by atoms with E-state index in [1.54, 1.807) is 0 Å². The minimum absolute atomic E-state index is 0.0416. The molecule has 1 saturated carbocycles. The monoisotopic (exact) mass is 375 g/mol. The average molecular weight is 375 g/mol. The van der Waals surface area contributed by atoms with Crippen molar-refractivity contribution in [1.29, 1.82) is 0 Å². The molecule has 1 heterocycles.